The van der Waals surface area contributed by atoms with Crippen LogP contribution in [0.2, 0.25) is 5.02 Å². The number of fused-ring (bicyclic) bond motifs is 3. The SMILES string of the molecule is O=C1NC(=O)C(c2c3n(c4ccccc24)CCC(CO)C3)=C1c1ccccc1Cl. The summed E-state index contributed by atoms with van der Waals surface area (Å²) in [5, 5.41) is 13.6. The molecule has 2 aliphatic rings. The lowest BCUT2D eigenvalue weighted by Crippen LogP contribution is -2.24. The number of imide groups is 1. The van der Waals surface area contributed by atoms with Crippen molar-refractivity contribution in [2.24, 2.45) is 5.92 Å². The number of halogens is 1. The Hall–Kier alpha value is -2.89. The largest absolute Gasteiger partial charge is 0.396 e. The molecule has 0 saturated heterocycles. The first-order valence-electron chi connectivity index (χ1n) is 9.66. The molecule has 0 radical (unpaired) electrons. The van der Waals surface area contributed by atoms with Crippen molar-refractivity contribution in [2.75, 3.05) is 6.61 Å². The van der Waals surface area contributed by atoms with Crippen LogP contribution in [0.5, 0.6) is 0 Å². The summed E-state index contributed by atoms with van der Waals surface area (Å²) in [4.78, 5) is 25.7. The lowest BCUT2D eigenvalue weighted by atomic mass is 9.89. The number of nitrogens with one attached hydrogen (secondary N) is 1. The van der Waals surface area contributed by atoms with Gasteiger partial charge in [0.15, 0.2) is 0 Å². The summed E-state index contributed by atoms with van der Waals surface area (Å²) in [5.41, 5.74) is 4.02. The van der Waals surface area contributed by atoms with Crippen LogP contribution in [-0.4, -0.2) is 28.1 Å². The van der Waals surface area contributed by atoms with E-state index in [-0.39, 0.29) is 12.5 Å². The van der Waals surface area contributed by atoms with Gasteiger partial charge in [-0.05, 0) is 30.9 Å². The number of aromatic nitrogens is 1. The van der Waals surface area contributed by atoms with E-state index in [0.717, 1.165) is 35.1 Å². The molecule has 146 valence electrons. The summed E-state index contributed by atoms with van der Waals surface area (Å²) < 4.78 is 2.21. The summed E-state index contributed by atoms with van der Waals surface area (Å²) in [7, 11) is 0. The number of carbonyl (C=O) groups excluding carboxylic acids is 2. The van der Waals surface area contributed by atoms with Gasteiger partial charge >= 0.3 is 0 Å². The van der Waals surface area contributed by atoms with Crippen LogP contribution in [0.15, 0.2) is 48.5 Å². The minimum absolute atomic E-state index is 0.0997. The highest BCUT2D eigenvalue weighted by Crippen LogP contribution is 2.42. The zero-order chi connectivity index (χ0) is 20.1. The number of nitrogens with zero attached hydrogens (tertiary/aromatic N) is 1. The third-order valence-corrected chi connectivity index (χ3v) is 6.23. The molecule has 2 N–H and O–H groups in total. The van der Waals surface area contributed by atoms with Crippen molar-refractivity contribution >= 4 is 45.5 Å². The third-order valence-electron chi connectivity index (χ3n) is 5.90. The Morgan fingerprint density at radius 3 is 2.55 bits per heavy atom. The second-order valence-electron chi connectivity index (χ2n) is 7.54. The van der Waals surface area contributed by atoms with Crippen molar-refractivity contribution in [3.63, 3.8) is 0 Å². The molecule has 0 spiro atoms. The van der Waals surface area contributed by atoms with Crippen molar-refractivity contribution < 1.29 is 14.7 Å². The van der Waals surface area contributed by atoms with Gasteiger partial charge < -0.3 is 9.67 Å². The number of carbonyl (C=O) groups is 2. The molecule has 6 heteroatoms. The number of rotatable bonds is 3. The van der Waals surface area contributed by atoms with Crippen molar-refractivity contribution in [1.82, 2.24) is 9.88 Å². The highest BCUT2D eigenvalue weighted by atomic mass is 35.5. The zero-order valence-corrected chi connectivity index (χ0v) is 16.4. The molecule has 0 fully saturated rings. The maximum absolute atomic E-state index is 13.0. The van der Waals surface area contributed by atoms with Gasteiger partial charge in [0, 0.05) is 45.9 Å². The molecule has 1 unspecified atom stereocenters. The Morgan fingerprint density at radius 1 is 1.03 bits per heavy atom. The Morgan fingerprint density at radius 2 is 1.76 bits per heavy atom. The normalized spacial score (nSPS) is 19.0. The Kier molecular flexibility index (Phi) is 4.30. The van der Waals surface area contributed by atoms with Crippen LogP contribution in [-0.2, 0) is 22.6 Å². The molecule has 3 aromatic rings. The highest BCUT2D eigenvalue weighted by molar-refractivity contribution is 6.51. The minimum atomic E-state index is -0.434. The van der Waals surface area contributed by atoms with E-state index in [4.69, 9.17) is 11.6 Å². The van der Waals surface area contributed by atoms with Crippen molar-refractivity contribution in [3.8, 4) is 0 Å². The number of hydrogen-bond acceptors (Lipinski definition) is 3. The predicted octanol–water partition coefficient (Wildman–Crippen LogP) is 3.42. The molecule has 2 aromatic carbocycles. The fraction of sp³-hybridized carbons (Fsp3) is 0.217. The van der Waals surface area contributed by atoms with Crippen LogP contribution in [0.25, 0.3) is 22.0 Å². The van der Waals surface area contributed by atoms with E-state index in [1.165, 1.54) is 0 Å². The smallest absolute Gasteiger partial charge is 0.259 e. The number of para-hydroxylation sites is 1. The molecular formula is C23H19ClN2O3. The first kappa shape index (κ1) is 18.2. The minimum Gasteiger partial charge on any atom is -0.396 e. The van der Waals surface area contributed by atoms with Crippen LogP contribution >= 0.6 is 11.6 Å². The van der Waals surface area contributed by atoms with Crippen LogP contribution in [0.4, 0.5) is 0 Å². The molecule has 0 saturated carbocycles. The Labute approximate surface area is 172 Å². The van der Waals surface area contributed by atoms with E-state index in [9.17, 15) is 14.7 Å². The Balaban J connectivity index is 1.86. The summed E-state index contributed by atoms with van der Waals surface area (Å²) >= 11 is 6.39. The molecule has 1 aromatic heterocycles. The molecule has 29 heavy (non-hydrogen) atoms. The number of amides is 2. The summed E-state index contributed by atoms with van der Waals surface area (Å²) in [5.74, 6) is -0.707. The maximum Gasteiger partial charge on any atom is 0.259 e. The second kappa shape index (κ2) is 6.87. The zero-order valence-electron chi connectivity index (χ0n) is 15.6. The average molecular weight is 407 g/mol. The van der Waals surface area contributed by atoms with E-state index in [0.29, 0.717) is 28.2 Å². The fourth-order valence-corrected chi connectivity index (χ4v) is 4.79. The van der Waals surface area contributed by atoms with Gasteiger partial charge in [-0.3, -0.25) is 14.9 Å². The van der Waals surface area contributed by atoms with E-state index >= 15 is 0 Å². The van der Waals surface area contributed by atoms with Crippen LogP contribution in [0.1, 0.15) is 23.2 Å². The highest BCUT2D eigenvalue weighted by Gasteiger charge is 2.37. The molecule has 0 bridgehead atoms. The molecule has 2 amide bonds. The summed E-state index contributed by atoms with van der Waals surface area (Å²) in [6.45, 7) is 0.869. The summed E-state index contributed by atoms with van der Waals surface area (Å²) in [6.07, 6.45) is 1.53. The maximum atomic E-state index is 13.0. The number of aryl methyl sites for hydroxylation is 1. The van der Waals surface area contributed by atoms with Crippen molar-refractivity contribution in [3.05, 3.63) is 70.4 Å². The van der Waals surface area contributed by atoms with E-state index < -0.39 is 11.8 Å². The van der Waals surface area contributed by atoms with E-state index in [1.54, 1.807) is 24.3 Å². The molecule has 2 aliphatic heterocycles. The lowest BCUT2D eigenvalue weighted by molar-refractivity contribution is -0.122. The van der Waals surface area contributed by atoms with Gasteiger partial charge in [0.05, 0.1) is 11.1 Å². The first-order valence-corrected chi connectivity index (χ1v) is 10.0. The van der Waals surface area contributed by atoms with Crippen molar-refractivity contribution in [1.29, 1.82) is 0 Å². The molecule has 3 heterocycles. The molecule has 1 atom stereocenters. The van der Waals surface area contributed by atoms with Crippen molar-refractivity contribution in [2.45, 2.75) is 19.4 Å². The van der Waals surface area contributed by atoms with Gasteiger partial charge in [0.1, 0.15) is 0 Å². The van der Waals surface area contributed by atoms with Crippen LogP contribution in [0, 0.1) is 5.92 Å². The fourth-order valence-electron chi connectivity index (χ4n) is 4.56. The predicted molar refractivity (Wildman–Crippen MR) is 112 cm³/mol. The number of aliphatic hydroxyl groups excluding tert-OH is 1. The van der Waals surface area contributed by atoms with Crippen LogP contribution in [0.3, 0.4) is 0 Å². The van der Waals surface area contributed by atoms with Gasteiger partial charge in [-0.2, -0.15) is 0 Å². The number of aliphatic hydroxyl groups is 1. The molecule has 0 aliphatic carbocycles. The lowest BCUT2D eigenvalue weighted by Gasteiger charge is -2.24. The number of hydrogen-bond donors (Lipinski definition) is 2. The van der Waals surface area contributed by atoms with Gasteiger partial charge in [-0.1, -0.05) is 48.0 Å². The van der Waals surface area contributed by atoms with E-state index in [1.807, 2.05) is 24.3 Å². The standard InChI is InChI=1S/C23H19ClN2O3/c24-16-7-3-1-5-14(16)20-21(23(29)25-22(20)28)19-15-6-2-4-8-17(15)26-10-9-13(12-27)11-18(19)26/h1-8,13,27H,9-12H2,(H,25,28,29). The van der Waals surface area contributed by atoms with Crippen LogP contribution < -0.4 is 5.32 Å². The first-order chi connectivity index (χ1) is 14.1. The second-order valence-corrected chi connectivity index (χ2v) is 7.95. The molecule has 5 nitrogen and oxygen atoms in total. The Bertz CT molecular complexity index is 1210. The monoisotopic (exact) mass is 406 g/mol. The van der Waals surface area contributed by atoms with Gasteiger partial charge in [-0.15, -0.1) is 0 Å². The quantitative estimate of drug-likeness (QED) is 0.655. The van der Waals surface area contributed by atoms with Gasteiger partial charge in [0.2, 0.25) is 0 Å². The van der Waals surface area contributed by atoms with E-state index in [2.05, 4.69) is 9.88 Å². The summed E-state index contributed by atoms with van der Waals surface area (Å²) in [6, 6.07) is 15.0. The molecular weight excluding hydrogens is 388 g/mol. The molecule has 5 rings (SSSR count). The van der Waals surface area contributed by atoms with Gasteiger partial charge in [-0.25, -0.2) is 0 Å². The van der Waals surface area contributed by atoms with Gasteiger partial charge in [0.25, 0.3) is 11.8 Å². The number of benzene rings is 2. The third kappa shape index (κ3) is 2.73. The average Bonchev–Trinajstić information content (AvgIpc) is 3.20. The topological polar surface area (TPSA) is 71.3 Å².